The Labute approximate surface area is 131 Å². The molecule has 22 heavy (non-hydrogen) atoms. The van der Waals surface area contributed by atoms with E-state index in [9.17, 15) is 9.59 Å². The third-order valence-electron chi connectivity index (χ3n) is 3.00. The number of nitrogens with zero attached hydrogens (tertiary/aromatic N) is 3. The van der Waals surface area contributed by atoms with Gasteiger partial charge < -0.3 is 10.4 Å². The fraction of sp³-hybridized carbons (Fsp3) is 0.286. The predicted octanol–water partition coefficient (Wildman–Crippen LogP) is 1.32. The van der Waals surface area contributed by atoms with E-state index >= 15 is 0 Å². The molecule has 0 saturated heterocycles. The second-order valence-corrected chi connectivity index (χ2v) is 5.54. The standard InChI is InChI=1S/C14H16N4O3S/c1-9-3-4-11(22-2)5-12(9)14(21)15-6-10-7-18(17-16-10)8-13(19)20/h3-5,7H,6,8H2,1-2H3,(H,15,21)(H,19,20). The molecule has 1 aromatic heterocycles. The van der Waals surface area contributed by atoms with Crippen LogP contribution >= 0.6 is 11.8 Å². The van der Waals surface area contributed by atoms with E-state index in [1.807, 2.05) is 31.4 Å². The number of rotatable bonds is 6. The zero-order valence-corrected chi connectivity index (χ0v) is 13.1. The fourth-order valence-corrected chi connectivity index (χ4v) is 2.31. The number of benzene rings is 1. The van der Waals surface area contributed by atoms with E-state index in [1.165, 1.54) is 10.9 Å². The lowest BCUT2D eigenvalue weighted by molar-refractivity contribution is -0.137. The molecule has 1 amide bonds. The zero-order valence-electron chi connectivity index (χ0n) is 12.2. The Bertz CT molecular complexity index is 699. The topological polar surface area (TPSA) is 97.1 Å². The van der Waals surface area contributed by atoms with Crippen LogP contribution in [-0.4, -0.2) is 38.2 Å². The van der Waals surface area contributed by atoms with E-state index < -0.39 is 5.97 Å². The van der Waals surface area contributed by atoms with Gasteiger partial charge in [-0.1, -0.05) is 11.3 Å². The lowest BCUT2D eigenvalue weighted by Gasteiger charge is -2.08. The number of carboxylic acids is 1. The van der Waals surface area contributed by atoms with E-state index in [2.05, 4.69) is 15.6 Å². The number of aliphatic carboxylic acids is 1. The SMILES string of the molecule is CSc1ccc(C)c(C(=O)NCc2cn(CC(=O)O)nn2)c1. The number of carbonyl (C=O) groups excluding carboxylic acids is 1. The Hall–Kier alpha value is -2.35. The molecule has 116 valence electrons. The van der Waals surface area contributed by atoms with Crippen LogP contribution in [0, 0.1) is 6.92 Å². The van der Waals surface area contributed by atoms with E-state index in [-0.39, 0.29) is 19.0 Å². The average Bonchev–Trinajstić information content (AvgIpc) is 2.92. The number of hydrogen-bond donors (Lipinski definition) is 2. The van der Waals surface area contributed by atoms with Crippen LogP contribution in [-0.2, 0) is 17.9 Å². The highest BCUT2D eigenvalue weighted by Crippen LogP contribution is 2.19. The van der Waals surface area contributed by atoms with E-state index in [1.54, 1.807) is 11.8 Å². The first-order valence-corrected chi connectivity index (χ1v) is 7.75. The van der Waals surface area contributed by atoms with Crippen molar-refractivity contribution in [2.75, 3.05) is 6.26 Å². The second kappa shape index (κ2) is 7.08. The maximum atomic E-state index is 12.2. The van der Waals surface area contributed by atoms with Gasteiger partial charge in [-0.25, -0.2) is 4.68 Å². The first kappa shape index (κ1) is 16.0. The Balaban J connectivity index is 2.00. The van der Waals surface area contributed by atoms with Crippen molar-refractivity contribution in [3.63, 3.8) is 0 Å². The Morgan fingerprint density at radius 3 is 2.86 bits per heavy atom. The normalized spacial score (nSPS) is 10.5. The lowest BCUT2D eigenvalue weighted by atomic mass is 10.1. The number of amides is 1. The molecule has 0 aliphatic rings. The molecule has 0 atom stereocenters. The van der Waals surface area contributed by atoms with Gasteiger partial charge in [0.25, 0.3) is 5.91 Å². The van der Waals surface area contributed by atoms with Crippen molar-refractivity contribution < 1.29 is 14.7 Å². The van der Waals surface area contributed by atoms with Gasteiger partial charge >= 0.3 is 5.97 Å². The van der Waals surface area contributed by atoms with Crippen LogP contribution in [0.25, 0.3) is 0 Å². The molecule has 0 unspecified atom stereocenters. The highest BCUT2D eigenvalue weighted by atomic mass is 32.2. The summed E-state index contributed by atoms with van der Waals surface area (Å²) in [5, 5.41) is 18.9. The van der Waals surface area contributed by atoms with Crippen LogP contribution in [0.3, 0.4) is 0 Å². The fourth-order valence-electron chi connectivity index (χ4n) is 1.87. The molecule has 7 nitrogen and oxygen atoms in total. The molecule has 0 radical (unpaired) electrons. The summed E-state index contributed by atoms with van der Waals surface area (Å²) in [7, 11) is 0. The molecule has 2 N–H and O–H groups in total. The molecule has 0 spiro atoms. The molecule has 1 aromatic carbocycles. The van der Waals surface area contributed by atoms with Gasteiger partial charge in [0.05, 0.1) is 12.7 Å². The second-order valence-electron chi connectivity index (χ2n) is 4.66. The minimum Gasteiger partial charge on any atom is -0.480 e. The van der Waals surface area contributed by atoms with Gasteiger partial charge in [-0.15, -0.1) is 16.9 Å². The number of carboxylic acid groups (broad SMARTS) is 1. The first-order chi connectivity index (χ1) is 10.5. The summed E-state index contributed by atoms with van der Waals surface area (Å²) >= 11 is 1.57. The maximum Gasteiger partial charge on any atom is 0.325 e. The van der Waals surface area contributed by atoms with Crippen molar-refractivity contribution in [3.05, 3.63) is 41.2 Å². The van der Waals surface area contributed by atoms with Crippen LogP contribution in [0.5, 0.6) is 0 Å². The molecular weight excluding hydrogens is 304 g/mol. The average molecular weight is 320 g/mol. The van der Waals surface area contributed by atoms with Crippen molar-refractivity contribution in [1.29, 1.82) is 0 Å². The Morgan fingerprint density at radius 2 is 2.18 bits per heavy atom. The van der Waals surface area contributed by atoms with E-state index in [0.29, 0.717) is 11.3 Å². The van der Waals surface area contributed by atoms with Crippen molar-refractivity contribution in [2.24, 2.45) is 0 Å². The number of carbonyl (C=O) groups is 2. The highest BCUT2D eigenvalue weighted by molar-refractivity contribution is 7.98. The van der Waals surface area contributed by atoms with Crippen LogP contribution in [0.4, 0.5) is 0 Å². The first-order valence-electron chi connectivity index (χ1n) is 6.53. The Kier molecular flexibility index (Phi) is 5.16. The van der Waals surface area contributed by atoms with Gasteiger partial charge in [0.15, 0.2) is 0 Å². The number of hydrogen-bond acceptors (Lipinski definition) is 5. The van der Waals surface area contributed by atoms with Gasteiger partial charge in [-0.2, -0.15) is 0 Å². The minimum atomic E-state index is -0.995. The summed E-state index contributed by atoms with van der Waals surface area (Å²) in [6.07, 6.45) is 3.45. The van der Waals surface area contributed by atoms with Crippen LogP contribution in [0.1, 0.15) is 21.6 Å². The third-order valence-corrected chi connectivity index (χ3v) is 3.73. The Morgan fingerprint density at radius 1 is 1.41 bits per heavy atom. The molecule has 0 bridgehead atoms. The van der Waals surface area contributed by atoms with Crippen molar-refractivity contribution in [3.8, 4) is 0 Å². The highest BCUT2D eigenvalue weighted by Gasteiger charge is 2.11. The number of aryl methyl sites for hydroxylation is 1. The van der Waals surface area contributed by atoms with Gasteiger partial charge in [-0.05, 0) is 30.9 Å². The monoisotopic (exact) mass is 320 g/mol. The summed E-state index contributed by atoms with van der Waals surface area (Å²) in [5.41, 5.74) is 2.02. The quantitative estimate of drug-likeness (QED) is 0.779. The summed E-state index contributed by atoms with van der Waals surface area (Å²) in [6, 6.07) is 5.72. The lowest BCUT2D eigenvalue weighted by Crippen LogP contribution is -2.23. The van der Waals surface area contributed by atoms with Gasteiger partial charge in [0.1, 0.15) is 12.2 Å². The zero-order chi connectivity index (χ0) is 16.1. The van der Waals surface area contributed by atoms with Crippen molar-refractivity contribution >= 4 is 23.6 Å². The molecule has 2 aromatic rings. The van der Waals surface area contributed by atoms with E-state index in [4.69, 9.17) is 5.11 Å². The van der Waals surface area contributed by atoms with Crippen LogP contribution in [0.2, 0.25) is 0 Å². The summed E-state index contributed by atoms with van der Waals surface area (Å²) in [5.74, 6) is -1.19. The molecule has 0 aliphatic heterocycles. The van der Waals surface area contributed by atoms with Crippen LogP contribution < -0.4 is 5.32 Å². The molecule has 2 rings (SSSR count). The van der Waals surface area contributed by atoms with Crippen molar-refractivity contribution in [1.82, 2.24) is 20.3 Å². The molecule has 0 aliphatic carbocycles. The molecule has 8 heteroatoms. The number of nitrogens with one attached hydrogen (secondary N) is 1. The molecular formula is C14H16N4O3S. The molecule has 1 heterocycles. The molecule has 0 saturated carbocycles. The summed E-state index contributed by atoms with van der Waals surface area (Å²) in [4.78, 5) is 23.8. The molecule has 0 fully saturated rings. The predicted molar refractivity (Wildman–Crippen MR) is 81.8 cm³/mol. The van der Waals surface area contributed by atoms with Gasteiger partial charge in [-0.3, -0.25) is 9.59 Å². The maximum absolute atomic E-state index is 12.2. The van der Waals surface area contributed by atoms with E-state index in [0.717, 1.165) is 10.5 Å². The van der Waals surface area contributed by atoms with Crippen molar-refractivity contribution in [2.45, 2.75) is 24.9 Å². The smallest absolute Gasteiger partial charge is 0.325 e. The largest absolute Gasteiger partial charge is 0.480 e. The number of thioether (sulfide) groups is 1. The van der Waals surface area contributed by atoms with Crippen LogP contribution in [0.15, 0.2) is 29.3 Å². The third kappa shape index (κ3) is 4.08. The summed E-state index contributed by atoms with van der Waals surface area (Å²) < 4.78 is 1.21. The minimum absolute atomic E-state index is 0.193. The number of aromatic nitrogens is 3. The van der Waals surface area contributed by atoms with Gasteiger partial charge in [0, 0.05) is 10.5 Å². The summed E-state index contributed by atoms with van der Waals surface area (Å²) in [6.45, 7) is 1.82. The van der Waals surface area contributed by atoms with Gasteiger partial charge in [0.2, 0.25) is 0 Å².